The lowest BCUT2D eigenvalue weighted by Crippen LogP contribution is -2.60. The van der Waals surface area contributed by atoms with E-state index in [4.69, 9.17) is 9.47 Å². The van der Waals surface area contributed by atoms with E-state index < -0.39 is 23.6 Å². The number of fused-ring (bicyclic) bond motifs is 1. The van der Waals surface area contributed by atoms with E-state index in [-0.39, 0.29) is 23.9 Å². The van der Waals surface area contributed by atoms with Gasteiger partial charge in [-0.15, -0.1) is 0 Å². The molecular formula is C24H32O5. The number of carbonyl (C=O) groups excluding carboxylic acids is 2. The number of hydrogen-bond donors (Lipinski definition) is 1. The Morgan fingerprint density at radius 2 is 1.86 bits per heavy atom. The minimum absolute atomic E-state index is 0.176. The highest BCUT2D eigenvalue weighted by Gasteiger charge is 2.58. The lowest BCUT2D eigenvalue weighted by molar-refractivity contribution is -0.182. The van der Waals surface area contributed by atoms with Crippen molar-refractivity contribution in [2.45, 2.75) is 65.3 Å². The summed E-state index contributed by atoms with van der Waals surface area (Å²) in [6.45, 7) is 11.9. The van der Waals surface area contributed by atoms with Gasteiger partial charge in [-0.25, -0.2) is 4.79 Å². The van der Waals surface area contributed by atoms with Gasteiger partial charge in [0, 0.05) is 24.7 Å². The zero-order valence-electron chi connectivity index (χ0n) is 17.8. The molecule has 158 valence electrons. The highest BCUT2D eigenvalue weighted by molar-refractivity contribution is 5.89. The summed E-state index contributed by atoms with van der Waals surface area (Å²) in [4.78, 5) is 24.4. The Labute approximate surface area is 173 Å². The average molecular weight is 401 g/mol. The van der Waals surface area contributed by atoms with Crippen molar-refractivity contribution in [3.63, 3.8) is 0 Å². The van der Waals surface area contributed by atoms with Crippen LogP contribution >= 0.6 is 0 Å². The quantitative estimate of drug-likeness (QED) is 0.607. The van der Waals surface area contributed by atoms with Gasteiger partial charge in [-0.1, -0.05) is 51.1 Å². The van der Waals surface area contributed by atoms with Crippen molar-refractivity contribution < 1.29 is 24.2 Å². The largest absolute Gasteiger partial charge is 0.459 e. The molecule has 3 rings (SSSR count). The molecule has 29 heavy (non-hydrogen) atoms. The molecule has 5 heteroatoms. The van der Waals surface area contributed by atoms with Gasteiger partial charge in [0.25, 0.3) is 0 Å². The van der Waals surface area contributed by atoms with Crippen LogP contribution in [-0.4, -0.2) is 35.4 Å². The van der Waals surface area contributed by atoms with Gasteiger partial charge in [0.15, 0.2) is 0 Å². The molecule has 2 saturated carbocycles. The molecular weight excluding hydrogens is 368 g/mol. The molecule has 0 saturated heterocycles. The van der Waals surface area contributed by atoms with E-state index in [2.05, 4.69) is 20.4 Å². The third-order valence-corrected chi connectivity index (χ3v) is 6.83. The molecule has 2 aliphatic rings. The Hall–Kier alpha value is -2.14. The average Bonchev–Trinajstić information content (AvgIpc) is 2.66. The van der Waals surface area contributed by atoms with Crippen molar-refractivity contribution in [2.24, 2.45) is 23.2 Å². The van der Waals surface area contributed by atoms with Crippen molar-refractivity contribution in [3.05, 3.63) is 48.0 Å². The summed E-state index contributed by atoms with van der Waals surface area (Å²) in [7, 11) is 0. The van der Waals surface area contributed by atoms with Crippen LogP contribution in [0.25, 0.3) is 0 Å². The van der Waals surface area contributed by atoms with Gasteiger partial charge in [-0.3, -0.25) is 4.79 Å². The van der Waals surface area contributed by atoms with Crippen LogP contribution in [0.4, 0.5) is 0 Å². The van der Waals surface area contributed by atoms with E-state index in [0.717, 1.165) is 18.4 Å². The fraction of sp³-hybridized carbons (Fsp3) is 0.583. The summed E-state index contributed by atoms with van der Waals surface area (Å²) in [5, 5.41) is 11.1. The third kappa shape index (κ3) is 4.11. The van der Waals surface area contributed by atoms with E-state index in [9.17, 15) is 14.7 Å². The van der Waals surface area contributed by atoms with Gasteiger partial charge in [-0.2, -0.15) is 0 Å². The highest BCUT2D eigenvalue weighted by atomic mass is 16.6. The van der Waals surface area contributed by atoms with Gasteiger partial charge in [-0.05, 0) is 36.8 Å². The summed E-state index contributed by atoms with van der Waals surface area (Å²) in [5.74, 6) is -0.445. The van der Waals surface area contributed by atoms with Gasteiger partial charge in [0.1, 0.15) is 12.2 Å². The van der Waals surface area contributed by atoms with Crippen molar-refractivity contribution in [1.29, 1.82) is 0 Å². The molecule has 1 aromatic rings. The van der Waals surface area contributed by atoms with Crippen LogP contribution in [0, 0.1) is 23.2 Å². The molecule has 0 bridgehead atoms. The number of ether oxygens (including phenoxy) is 2. The molecule has 0 aromatic heterocycles. The number of aliphatic hydroxyl groups excluding tert-OH is 1. The molecule has 2 aliphatic carbocycles. The highest BCUT2D eigenvalue weighted by Crippen LogP contribution is 2.56. The van der Waals surface area contributed by atoms with Crippen LogP contribution in [0.1, 0.15) is 57.3 Å². The molecule has 5 nitrogen and oxygen atoms in total. The van der Waals surface area contributed by atoms with Crippen LogP contribution < -0.4 is 0 Å². The Bertz CT molecular complexity index is 771. The Kier molecular flexibility index (Phi) is 6.18. The number of benzene rings is 1. The predicted octanol–water partition coefficient (Wildman–Crippen LogP) is 4.15. The lowest BCUT2D eigenvalue weighted by atomic mass is 9.52. The predicted molar refractivity (Wildman–Crippen MR) is 110 cm³/mol. The first kappa shape index (κ1) is 21.6. The molecule has 2 fully saturated rings. The number of esters is 2. The van der Waals surface area contributed by atoms with Crippen LogP contribution in [0.2, 0.25) is 0 Å². The summed E-state index contributed by atoms with van der Waals surface area (Å²) in [5.41, 5.74) is 0.824. The first-order valence-corrected chi connectivity index (χ1v) is 10.4. The van der Waals surface area contributed by atoms with E-state index in [0.29, 0.717) is 17.9 Å². The maximum absolute atomic E-state index is 12.9. The fourth-order valence-corrected chi connectivity index (χ4v) is 5.33. The van der Waals surface area contributed by atoms with E-state index in [1.807, 2.05) is 25.1 Å². The van der Waals surface area contributed by atoms with Crippen molar-refractivity contribution in [3.8, 4) is 0 Å². The molecule has 1 aromatic carbocycles. The zero-order chi connectivity index (χ0) is 21.3. The van der Waals surface area contributed by atoms with Gasteiger partial charge in [0.2, 0.25) is 0 Å². The van der Waals surface area contributed by atoms with Crippen molar-refractivity contribution in [1.82, 2.24) is 0 Å². The van der Waals surface area contributed by atoms with E-state index in [1.54, 1.807) is 12.1 Å². The summed E-state index contributed by atoms with van der Waals surface area (Å²) < 4.78 is 11.5. The first-order chi connectivity index (χ1) is 13.6. The number of hydrogen-bond acceptors (Lipinski definition) is 5. The van der Waals surface area contributed by atoms with Gasteiger partial charge >= 0.3 is 11.9 Å². The molecule has 0 amide bonds. The summed E-state index contributed by atoms with van der Waals surface area (Å²) in [6, 6.07) is 8.98. The van der Waals surface area contributed by atoms with Gasteiger partial charge < -0.3 is 14.6 Å². The van der Waals surface area contributed by atoms with Crippen LogP contribution in [0.3, 0.4) is 0 Å². The molecule has 0 spiro atoms. The molecule has 6 atom stereocenters. The topological polar surface area (TPSA) is 72.8 Å². The van der Waals surface area contributed by atoms with E-state index >= 15 is 0 Å². The Morgan fingerprint density at radius 1 is 1.21 bits per heavy atom. The SMILES string of the molecule is C=C1CC(OC(C)=O)C(O)C2(C)CCC(C(C)C)C(OC(=O)c3ccccc3)C12. The third-order valence-electron chi connectivity index (χ3n) is 6.83. The second-order valence-corrected chi connectivity index (χ2v) is 9.12. The summed E-state index contributed by atoms with van der Waals surface area (Å²) in [6.07, 6.45) is 0.162. The molecule has 6 unspecified atom stereocenters. The van der Waals surface area contributed by atoms with E-state index in [1.165, 1.54) is 6.92 Å². The zero-order valence-corrected chi connectivity index (χ0v) is 17.8. The molecule has 0 heterocycles. The Morgan fingerprint density at radius 3 is 2.45 bits per heavy atom. The molecule has 1 N–H and O–H groups in total. The minimum Gasteiger partial charge on any atom is -0.459 e. The molecule has 0 aliphatic heterocycles. The lowest BCUT2D eigenvalue weighted by Gasteiger charge is -2.56. The number of carbonyl (C=O) groups is 2. The fourth-order valence-electron chi connectivity index (χ4n) is 5.33. The normalized spacial score (nSPS) is 34.4. The Balaban J connectivity index is 1.93. The monoisotopic (exact) mass is 400 g/mol. The van der Waals surface area contributed by atoms with Crippen molar-refractivity contribution >= 4 is 11.9 Å². The standard InChI is InChI=1S/C24H32O5/c1-14(2)18-11-12-24(5)20(15(3)13-19(22(24)26)28-16(4)25)21(18)29-23(27)17-9-7-6-8-10-17/h6-10,14,18-22,26H,3,11-13H2,1-2,4-5H3. The maximum Gasteiger partial charge on any atom is 0.338 e. The molecule has 0 radical (unpaired) electrons. The second-order valence-electron chi connectivity index (χ2n) is 9.12. The second kappa shape index (κ2) is 8.31. The van der Waals surface area contributed by atoms with Crippen LogP contribution in [-0.2, 0) is 14.3 Å². The summed E-state index contributed by atoms with van der Waals surface area (Å²) >= 11 is 0. The maximum atomic E-state index is 12.9. The smallest absolute Gasteiger partial charge is 0.338 e. The van der Waals surface area contributed by atoms with Gasteiger partial charge in [0.05, 0.1) is 11.7 Å². The number of rotatable bonds is 4. The van der Waals surface area contributed by atoms with Crippen LogP contribution in [0.15, 0.2) is 42.5 Å². The first-order valence-electron chi connectivity index (χ1n) is 10.4. The van der Waals surface area contributed by atoms with Crippen LogP contribution in [0.5, 0.6) is 0 Å². The van der Waals surface area contributed by atoms with Crippen molar-refractivity contribution in [2.75, 3.05) is 0 Å². The number of aliphatic hydroxyl groups is 1. The minimum atomic E-state index is -0.826.